The second-order valence-electron chi connectivity index (χ2n) is 5.16. The average Bonchev–Trinajstić information content (AvgIpc) is 2.65. The molecule has 5 heteroatoms. The normalized spacial score (nSPS) is 10.2. The van der Waals surface area contributed by atoms with Gasteiger partial charge in [0.25, 0.3) is 0 Å². The summed E-state index contributed by atoms with van der Waals surface area (Å²) in [4.78, 5) is 22.1. The Morgan fingerprint density at radius 3 is 2.15 bits per heavy atom. The van der Waals surface area contributed by atoms with E-state index < -0.39 is 11.9 Å². The molecule has 0 fully saturated rings. The highest BCUT2D eigenvalue weighted by Crippen LogP contribution is 2.28. The van der Waals surface area contributed by atoms with Gasteiger partial charge in [0.15, 0.2) is 0 Å². The first-order valence-corrected chi connectivity index (χ1v) is 7.73. The Labute approximate surface area is 151 Å². The summed E-state index contributed by atoms with van der Waals surface area (Å²) in [7, 11) is 0. The third-order valence-electron chi connectivity index (χ3n) is 3.36. The number of carbonyl (C=O) groups is 2. The summed E-state index contributed by atoms with van der Waals surface area (Å²) in [5.74, 6) is 0.00696. The number of carbonyl (C=O) groups excluding carboxylic acids is 2. The predicted molar refractivity (Wildman–Crippen MR) is 98.5 cm³/mol. The molecule has 0 N–H and O–H groups in total. The van der Waals surface area contributed by atoms with E-state index in [2.05, 4.69) is 17.9 Å². The van der Waals surface area contributed by atoms with Crippen molar-refractivity contribution >= 4 is 11.9 Å². The minimum atomic E-state index is -0.558. The van der Waals surface area contributed by atoms with Gasteiger partial charge in [0.1, 0.15) is 24.0 Å². The molecule has 2 aromatic rings. The van der Waals surface area contributed by atoms with Gasteiger partial charge in [0, 0.05) is 12.2 Å². The van der Waals surface area contributed by atoms with E-state index in [1.807, 2.05) is 25.1 Å². The summed E-state index contributed by atoms with van der Waals surface area (Å²) in [5, 5.41) is 0. The Hall–Kier alpha value is -3.60. The van der Waals surface area contributed by atoms with E-state index >= 15 is 0 Å². The molecule has 0 unspecified atom stereocenters. The van der Waals surface area contributed by atoms with E-state index in [1.54, 1.807) is 24.3 Å². The fourth-order valence-electron chi connectivity index (χ4n) is 2.14. The van der Waals surface area contributed by atoms with Crippen LogP contribution in [0.15, 0.2) is 80.3 Å². The van der Waals surface area contributed by atoms with Crippen LogP contribution in [0.2, 0.25) is 0 Å². The minimum absolute atomic E-state index is 0.468. The van der Waals surface area contributed by atoms with Crippen molar-refractivity contribution < 1.29 is 23.8 Å². The molecule has 2 rings (SSSR count). The lowest BCUT2D eigenvalue weighted by Crippen LogP contribution is -2.03. The Morgan fingerprint density at radius 2 is 1.54 bits per heavy atom. The molecule has 2 aromatic carbocycles. The summed E-state index contributed by atoms with van der Waals surface area (Å²) < 4.78 is 15.1. The van der Waals surface area contributed by atoms with Crippen LogP contribution in [-0.4, -0.2) is 11.9 Å². The molecule has 0 aromatic heterocycles. The second kappa shape index (κ2) is 9.03. The maximum absolute atomic E-state index is 11.3. The smallest absolute Gasteiger partial charge is 0.335 e. The number of benzene rings is 2. The Kier molecular flexibility index (Phi) is 6.51. The maximum Gasteiger partial charge on any atom is 0.335 e. The van der Waals surface area contributed by atoms with Crippen LogP contribution in [0.3, 0.4) is 0 Å². The first-order valence-electron chi connectivity index (χ1n) is 7.73. The molecule has 0 radical (unpaired) electrons. The van der Waals surface area contributed by atoms with Gasteiger partial charge in [-0.15, -0.1) is 0 Å². The van der Waals surface area contributed by atoms with Gasteiger partial charge in [-0.1, -0.05) is 31.4 Å². The largest absolute Gasteiger partial charge is 0.462 e. The van der Waals surface area contributed by atoms with Gasteiger partial charge in [-0.05, 0) is 47.9 Å². The Morgan fingerprint density at radius 1 is 0.885 bits per heavy atom. The van der Waals surface area contributed by atoms with Crippen LogP contribution in [0.25, 0.3) is 11.1 Å². The highest BCUT2D eigenvalue weighted by Gasteiger charge is 2.06. The van der Waals surface area contributed by atoms with E-state index in [0.29, 0.717) is 11.5 Å². The third kappa shape index (κ3) is 5.21. The van der Waals surface area contributed by atoms with Crippen LogP contribution >= 0.6 is 0 Å². The third-order valence-corrected chi connectivity index (χ3v) is 3.36. The topological polar surface area (TPSA) is 61.8 Å². The van der Waals surface area contributed by atoms with Crippen molar-refractivity contribution in [1.29, 1.82) is 0 Å². The van der Waals surface area contributed by atoms with Crippen molar-refractivity contribution in [2.75, 3.05) is 0 Å². The van der Waals surface area contributed by atoms with Gasteiger partial charge in [-0.2, -0.15) is 0 Å². The lowest BCUT2D eigenvalue weighted by molar-refractivity contribution is -0.132. The van der Waals surface area contributed by atoms with Crippen molar-refractivity contribution in [2.24, 2.45) is 0 Å². The molecule has 5 nitrogen and oxygen atoms in total. The second-order valence-corrected chi connectivity index (χ2v) is 5.16. The molecule has 0 aliphatic heterocycles. The molecule has 0 amide bonds. The lowest BCUT2D eigenvalue weighted by atomic mass is 10.0. The van der Waals surface area contributed by atoms with Crippen LogP contribution in [0.4, 0.5) is 0 Å². The Balaban J connectivity index is 2.05. The summed E-state index contributed by atoms with van der Waals surface area (Å²) in [5.41, 5.74) is 2.95. The van der Waals surface area contributed by atoms with Gasteiger partial charge in [0.2, 0.25) is 0 Å². The minimum Gasteiger partial charge on any atom is -0.462 e. The van der Waals surface area contributed by atoms with Gasteiger partial charge < -0.3 is 14.2 Å². The number of hydrogen-bond acceptors (Lipinski definition) is 5. The SMILES string of the molecule is C=CC(=O)O/C=C\Oc1ccc(-c2ccc(OC(=O)C=C)cc2C)cc1. The van der Waals surface area contributed by atoms with Crippen LogP contribution < -0.4 is 9.47 Å². The zero-order valence-electron chi connectivity index (χ0n) is 14.3. The first kappa shape index (κ1) is 18.7. The molecule has 0 heterocycles. The molecule has 0 aliphatic rings. The summed E-state index contributed by atoms with van der Waals surface area (Å²) in [6.45, 7) is 8.59. The number of hydrogen-bond donors (Lipinski definition) is 0. The molecule has 0 atom stereocenters. The van der Waals surface area contributed by atoms with E-state index in [1.165, 1.54) is 6.26 Å². The monoisotopic (exact) mass is 350 g/mol. The molecule has 0 bridgehead atoms. The molecule has 0 aliphatic carbocycles. The Bertz CT molecular complexity index is 847. The number of aryl methyl sites for hydroxylation is 1. The zero-order chi connectivity index (χ0) is 18.9. The zero-order valence-corrected chi connectivity index (χ0v) is 14.3. The van der Waals surface area contributed by atoms with Gasteiger partial charge in [-0.3, -0.25) is 0 Å². The fraction of sp³-hybridized carbons (Fsp3) is 0.0476. The molecular formula is C21H18O5. The molecule has 0 spiro atoms. The average molecular weight is 350 g/mol. The van der Waals surface area contributed by atoms with Crippen molar-refractivity contribution in [3.8, 4) is 22.6 Å². The number of rotatable bonds is 7. The van der Waals surface area contributed by atoms with Crippen LogP contribution in [0.1, 0.15) is 5.56 Å². The van der Waals surface area contributed by atoms with E-state index in [-0.39, 0.29) is 0 Å². The van der Waals surface area contributed by atoms with Crippen LogP contribution in [-0.2, 0) is 14.3 Å². The summed E-state index contributed by atoms with van der Waals surface area (Å²) in [6, 6.07) is 12.8. The summed E-state index contributed by atoms with van der Waals surface area (Å²) >= 11 is 0. The van der Waals surface area contributed by atoms with Gasteiger partial charge in [-0.25, -0.2) is 9.59 Å². The number of esters is 2. The lowest BCUT2D eigenvalue weighted by Gasteiger charge is -2.09. The van der Waals surface area contributed by atoms with E-state index in [0.717, 1.165) is 35.1 Å². The number of ether oxygens (including phenoxy) is 3. The van der Waals surface area contributed by atoms with Crippen molar-refractivity contribution in [2.45, 2.75) is 6.92 Å². The van der Waals surface area contributed by atoms with Crippen molar-refractivity contribution in [3.05, 3.63) is 85.9 Å². The molecule has 0 saturated heterocycles. The van der Waals surface area contributed by atoms with Crippen LogP contribution in [0.5, 0.6) is 11.5 Å². The van der Waals surface area contributed by atoms with Gasteiger partial charge >= 0.3 is 11.9 Å². The van der Waals surface area contributed by atoms with Crippen molar-refractivity contribution in [3.63, 3.8) is 0 Å². The molecule has 0 saturated carbocycles. The quantitative estimate of drug-likeness (QED) is 0.322. The molecule has 132 valence electrons. The first-order chi connectivity index (χ1) is 12.5. The highest BCUT2D eigenvalue weighted by atomic mass is 16.5. The predicted octanol–water partition coefficient (Wildman–Crippen LogP) is 4.33. The molecule has 26 heavy (non-hydrogen) atoms. The van der Waals surface area contributed by atoms with Gasteiger partial charge in [0.05, 0.1) is 0 Å². The van der Waals surface area contributed by atoms with E-state index in [4.69, 9.17) is 9.47 Å². The standard InChI is InChI=1S/C21H18O5/c1-4-20(22)25-13-12-24-17-8-6-16(7-9-17)19-11-10-18(14-15(19)3)26-21(23)5-2/h4-14H,1-2H2,3H3/b13-12-. The van der Waals surface area contributed by atoms with E-state index in [9.17, 15) is 9.59 Å². The highest BCUT2D eigenvalue weighted by molar-refractivity contribution is 5.83. The summed E-state index contributed by atoms with van der Waals surface area (Å²) in [6.07, 6.45) is 4.59. The van der Waals surface area contributed by atoms with Crippen LogP contribution in [0, 0.1) is 6.92 Å². The maximum atomic E-state index is 11.3. The fourth-order valence-corrected chi connectivity index (χ4v) is 2.14. The molecular weight excluding hydrogens is 332 g/mol. The van der Waals surface area contributed by atoms with Crippen molar-refractivity contribution in [1.82, 2.24) is 0 Å².